The van der Waals surface area contributed by atoms with Gasteiger partial charge < -0.3 is 0 Å². The van der Waals surface area contributed by atoms with Crippen LogP contribution in [0.1, 0.15) is 44.9 Å². The number of sulfonamides is 1. The summed E-state index contributed by atoms with van der Waals surface area (Å²) >= 11 is 0. The van der Waals surface area contributed by atoms with Crippen molar-refractivity contribution >= 4 is 15.6 Å². The fraction of sp³-hybridized carbons (Fsp3) is 0.257. The minimum Gasteiger partial charge on any atom is -0.207 e. The third kappa shape index (κ3) is 4.36. The van der Waals surface area contributed by atoms with E-state index in [1.807, 2.05) is 61.5 Å². The Bertz CT molecular complexity index is 1620. The Morgan fingerprint density at radius 2 is 1.41 bits per heavy atom. The van der Waals surface area contributed by atoms with Gasteiger partial charge in [-0.25, -0.2) is 8.42 Å². The highest BCUT2D eigenvalue weighted by Crippen LogP contribution is 2.55. The molecule has 0 spiro atoms. The van der Waals surface area contributed by atoms with E-state index < -0.39 is 10.0 Å². The first-order valence-electron chi connectivity index (χ1n) is 13.7. The fourth-order valence-electron chi connectivity index (χ4n) is 7.33. The maximum atomic E-state index is 14.7. The summed E-state index contributed by atoms with van der Waals surface area (Å²) in [6.07, 6.45) is 0.647. The topological polar surface area (TPSA) is 37.4 Å². The second-order valence-electron chi connectivity index (χ2n) is 11.3. The Balaban J connectivity index is 1.54. The van der Waals surface area contributed by atoms with Gasteiger partial charge in [-0.1, -0.05) is 109 Å². The van der Waals surface area contributed by atoms with Crippen LogP contribution in [0.4, 0.5) is 0 Å². The quantitative estimate of drug-likeness (QED) is 0.270. The number of hydrogen-bond acceptors (Lipinski definition) is 2. The van der Waals surface area contributed by atoms with E-state index in [0.29, 0.717) is 17.9 Å². The number of fused-ring (bicyclic) bond motifs is 2. The molecule has 1 fully saturated rings. The normalized spacial score (nSPS) is 22.9. The van der Waals surface area contributed by atoms with Gasteiger partial charge in [-0.05, 0) is 72.1 Å². The molecule has 3 nitrogen and oxygen atoms in total. The maximum Gasteiger partial charge on any atom is 0.243 e. The predicted molar refractivity (Wildman–Crippen MR) is 159 cm³/mol. The molecule has 0 unspecified atom stereocenters. The van der Waals surface area contributed by atoms with Gasteiger partial charge in [0.25, 0.3) is 0 Å². The van der Waals surface area contributed by atoms with Gasteiger partial charge in [0.15, 0.2) is 0 Å². The molecule has 0 radical (unpaired) electrons. The molecule has 1 aliphatic carbocycles. The zero-order chi connectivity index (χ0) is 27.3. The first kappa shape index (κ1) is 25.8. The van der Waals surface area contributed by atoms with Crippen LogP contribution in [0.2, 0.25) is 0 Å². The standard InChI is InChI=1S/C35H35NO2S/c1-23-19-24(2)35(25(3)20-23)39(37,38)36-22-31-33(32(36)21-27-13-7-5-8-14-27)26(4)29-17-11-12-18-30(29)34(31)28-15-9-6-10-16-28/h5-20,31-34H,4,21-22H2,1-3H3/t31-,32+,33-,34+/m1/s1. The van der Waals surface area contributed by atoms with Crippen molar-refractivity contribution in [2.24, 2.45) is 11.8 Å². The summed E-state index contributed by atoms with van der Waals surface area (Å²) < 4.78 is 31.1. The SMILES string of the molecule is C=C1c2ccccc2[C@H](c2ccccc2)[C@@H]2CN(S(=O)(=O)c3c(C)cc(C)cc3C)[C@@H](Cc3ccccc3)[C@H]12. The van der Waals surface area contributed by atoms with Crippen molar-refractivity contribution in [1.29, 1.82) is 0 Å². The van der Waals surface area contributed by atoms with Crippen LogP contribution in [-0.2, 0) is 16.4 Å². The lowest BCUT2D eigenvalue weighted by molar-refractivity contribution is 0.358. The summed E-state index contributed by atoms with van der Waals surface area (Å²) in [6, 6.07) is 33.1. The van der Waals surface area contributed by atoms with Gasteiger partial charge in [0.1, 0.15) is 0 Å². The van der Waals surface area contributed by atoms with Crippen LogP contribution >= 0.6 is 0 Å². The van der Waals surface area contributed by atoms with Crippen molar-refractivity contribution in [1.82, 2.24) is 4.31 Å². The number of benzene rings is 4. The highest BCUT2D eigenvalue weighted by Gasteiger charge is 2.54. The molecule has 0 aromatic heterocycles. The van der Waals surface area contributed by atoms with Gasteiger partial charge in [-0.15, -0.1) is 0 Å². The van der Waals surface area contributed by atoms with Crippen molar-refractivity contribution < 1.29 is 8.42 Å². The lowest BCUT2D eigenvalue weighted by atomic mass is 9.64. The molecule has 1 heterocycles. The molecule has 4 heteroatoms. The second-order valence-corrected chi connectivity index (χ2v) is 13.1. The molecule has 0 saturated carbocycles. The van der Waals surface area contributed by atoms with Crippen LogP contribution in [0.15, 0.2) is 109 Å². The van der Waals surface area contributed by atoms with Crippen molar-refractivity contribution in [3.8, 4) is 0 Å². The lowest BCUT2D eigenvalue weighted by Crippen LogP contribution is -2.40. The summed E-state index contributed by atoms with van der Waals surface area (Å²) in [6.45, 7) is 11.0. The van der Waals surface area contributed by atoms with Crippen LogP contribution in [0.3, 0.4) is 0 Å². The van der Waals surface area contributed by atoms with Crippen molar-refractivity contribution in [2.75, 3.05) is 6.54 Å². The molecule has 4 aromatic carbocycles. The van der Waals surface area contributed by atoms with Gasteiger partial charge in [-0.2, -0.15) is 4.31 Å². The van der Waals surface area contributed by atoms with E-state index in [2.05, 4.69) is 67.2 Å². The van der Waals surface area contributed by atoms with Crippen LogP contribution < -0.4 is 0 Å². The van der Waals surface area contributed by atoms with E-state index in [4.69, 9.17) is 0 Å². The van der Waals surface area contributed by atoms with Crippen molar-refractivity contribution in [3.05, 3.63) is 143 Å². The minimum atomic E-state index is -3.77. The van der Waals surface area contributed by atoms with Crippen molar-refractivity contribution in [2.45, 2.75) is 44.0 Å². The van der Waals surface area contributed by atoms with Crippen molar-refractivity contribution in [3.63, 3.8) is 0 Å². The van der Waals surface area contributed by atoms with Crippen LogP contribution in [0.5, 0.6) is 0 Å². The van der Waals surface area contributed by atoms with E-state index in [-0.39, 0.29) is 23.8 Å². The third-order valence-corrected chi connectivity index (χ3v) is 10.9. The second kappa shape index (κ2) is 9.93. The molecule has 1 aliphatic heterocycles. The Labute approximate surface area is 232 Å². The van der Waals surface area contributed by atoms with Crippen LogP contribution in [0.25, 0.3) is 5.57 Å². The molecule has 2 aliphatic rings. The predicted octanol–water partition coefficient (Wildman–Crippen LogP) is 7.32. The fourth-order valence-corrected chi connectivity index (χ4v) is 9.43. The summed E-state index contributed by atoms with van der Waals surface area (Å²) in [4.78, 5) is 0.448. The van der Waals surface area contributed by atoms with Crippen LogP contribution in [0, 0.1) is 32.6 Å². The molecule has 0 N–H and O–H groups in total. The number of rotatable bonds is 5. The summed E-state index contributed by atoms with van der Waals surface area (Å²) in [5.74, 6) is 0.187. The van der Waals surface area contributed by atoms with Gasteiger partial charge in [0.2, 0.25) is 10.0 Å². The summed E-state index contributed by atoms with van der Waals surface area (Å²) in [7, 11) is -3.77. The number of nitrogens with zero attached hydrogens (tertiary/aromatic N) is 1. The lowest BCUT2D eigenvalue weighted by Gasteiger charge is -2.39. The molecule has 4 aromatic rings. The molecule has 4 atom stereocenters. The molecule has 0 amide bonds. The third-order valence-electron chi connectivity index (χ3n) is 8.73. The average Bonchev–Trinajstić information content (AvgIpc) is 3.29. The number of aryl methyl sites for hydroxylation is 3. The molecular weight excluding hydrogens is 498 g/mol. The molecule has 6 rings (SSSR count). The van der Waals surface area contributed by atoms with E-state index in [1.165, 1.54) is 11.1 Å². The van der Waals surface area contributed by atoms with E-state index in [9.17, 15) is 8.42 Å². The first-order chi connectivity index (χ1) is 18.8. The Morgan fingerprint density at radius 1 is 0.821 bits per heavy atom. The summed E-state index contributed by atoms with van der Waals surface area (Å²) in [5.41, 5.74) is 8.52. The smallest absolute Gasteiger partial charge is 0.207 e. The van der Waals surface area contributed by atoms with Crippen LogP contribution in [-0.4, -0.2) is 25.3 Å². The van der Waals surface area contributed by atoms with Gasteiger partial charge in [-0.3, -0.25) is 0 Å². The zero-order valence-electron chi connectivity index (χ0n) is 22.8. The van der Waals surface area contributed by atoms with Gasteiger partial charge in [0, 0.05) is 24.4 Å². The highest BCUT2D eigenvalue weighted by molar-refractivity contribution is 7.89. The Hall–Kier alpha value is -3.47. The molecular formula is C35H35NO2S. The minimum absolute atomic E-state index is 0.00569. The van der Waals surface area contributed by atoms with E-state index in [0.717, 1.165) is 33.4 Å². The average molecular weight is 534 g/mol. The maximum absolute atomic E-state index is 14.7. The highest BCUT2D eigenvalue weighted by atomic mass is 32.2. The first-order valence-corrected chi connectivity index (χ1v) is 15.2. The Kier molecular flexibility index (Phi) is 6.57. The Morgan fingerprint density at radius 3 is 2.08 bits per heavy atom. The largest absolute Gasteiger partial charge is 0.243 e. The molecule has 198 valence electrons. The zero-order valence-corrected chi connectivity index (χ0v) is 23.7. The monoisotopic (exact) mass is 533 g/mol. The summed E-state index contributed by atoms with van der Waals surface area (Å²) in [5, 5.41) is 0. The molecule has 39 heavy (non-hydrogen) atoms. The number of hydrogen-bond donors (Lipinski definition) is 0. The molecule has 0 bridgehead atoms. The van der Waals surface area contributed by atoms with E-state index in [1.54, 1.807) is 0 Å². The van der Waals surface area contributed by atoms with E-state index >= 15 is 0 Å². The van der Waals surface area contributed by atoms with Gasteiger partial charge in [0.05, 0.1) is 4.90 Å². The van der Waals surface area contributed by atoms with Gasteiger partial charge >= 0.3 is 0 Å². The molecule has 1 saturated heterocycles.